The highest BCUT2D eigenvalue weighted by Gasteiger charge is 2.24. The van der Waals surface area contributed by atoms with E-state index < -0.39 is 7.82 Å². The molecule has 2 aromatic rings. The van der Waals surface area contributed by atoms with E-state index in [2.05, 4.69) is 0 Å². The van der Waals surface area contributed by atoms with Crippen LogP contribution in [0.25, 0.3) is 0 Å². The van der Waals surface area contributed by atoms with Crippen molar-refractivity contribution in [2.75, 3.05) is 31.2 Å². The van der Waals surface area contributed by atoms with E-state index in [4.69, 9.17) is 9.26 Å². The molecule has 0 amide bonds. The minimum atomic E-state index is -4.81. The first kappa shape index (κ1) is 18.6. The van der Waals surface area contributed by atoms with Gasteiger partial charge in [0.1, 0.15) is 5.75 Å². The third-order valence-electron chi connectivity index (χ3n) is 4.12. The minimum absolute atomic E-state index is 0.106. The number of hydrogen-bond acceptors (Lipinski definition) is 5. The number of phosphoric ester groups is 1. The molecule has 0 spiro atoms. The molecule has 0 aromatic heterocycles. The number of morpholine rings is 1. The molecule has 0 saturated carbocycles. The maximum atomic E-state index is 12.8. The molecule has 0 unspecified atom stereocenters. The Balaban J connectivity index is 1.98. The Labute approximate surface area is 151 Å². The van der Waals surface area contributed by atoms with Crippen molar-refractivity contribution in [2.45, 2.75) is 6.92 Å². The molecule has 0 bridgehead atoms. The Morgan fingerprint density at radius 1 is 1.12 bits per heavy atom. The summed E-state index contributed by atoms with van der Waals surface area (Å²) in [6.45, 7) is 4.35. The molecule has 2 aromatic carbocycles. The molecule has 3 rings (SSSR count). The minimum Gasteiger partial charge on any atom is -0.403 e. The maximum Gasteiger partial charge on any atom is 0.524 e. The molecular formula is C18H20NO6P. The monoisotopic (exact) mass is 377 g/mol. The van der Waals surface area contributed by atoms with Crippen LogP contribution in [0.1, 0.15) is 21.5 Å². The molecule has 0 atom stereocenters. The normalized spacial score (nSPS) is 15.0. The summed E-state index contributed by atoms with van der Waals surface area (Å²) in [5.74, 6) is -0.491. The molecule has 8 heteroatoms. The molecule has 1 aliphatic rings. The number of carbonyl (C=O) groups excluding carboxylic acids is 1. The van der Waals surface area contributed by atoms with Crippen molar-refractivity contribution in [2.24, 2.45) is 0 Å². The Kier molecular flexibility index (Phi) is 5.44. The van der Waals surface area contributed by atoms with Gasteiger partial charge >= 0.3 is 7.82 Å². The summed E-state index contributed by atoms with van der Waals surface area (Å²) in [5.41, 5.74) is 2.26. The molecule has 2 N–H and O–H groups in total. The molecule has 138 valence electrons. The Bertz CT molecular complexity index is 839. The highest BCUT2D eigenvalue weighted by atomic mass is 31.2. The van der Waals surface area contributed by atoms with Crippen molar-refractivity contribution >= 4 is 19.3 Å². The number of rotatable bonds is 5. The topological polar surface area (TPSA) is 96.3 Å². The Hall–Kier alpha value is -2.18. The predicted octanol–water partition coefficient (Wildman–Crippen LogP) is 2.53. The third-order valence-corrected chi connectivity index (χ3v) is 4.55. The average molecular weight is 377 g/mol. The smallest absolute Gasteiger partial charge is 0.403 e. The summed E-state index contributed by atoms with van der Waals surface area (Å²) < 4.78 is 21.5. The number of nitrogens with zero attached hydrogens (tertiary/aromatic N) is 1. The van der Waals surface area contributed by atoms with E-state index >= 15 is 0 Å². The van der Waals surface area contributed by atoms with Crippen LogP contribution < -0.4 is 9.42 Å². The molecule has 26 heavy (non-hydrogen) atoms. The predicted molar refractivity (Wildman–Crippen MR) is 96.8 cm³/mol. The van der Waals surface area contributed by atoms with Crippen molar-refractivity contribution < 1.29 is 28.4 Å². The first-order valence-electron chi connectivity index (χ1n) is 8.17. The zero-order chi connectivity index (χ0) is 18.7. The number of carbonyl (C=O) groups is 1. The quantitative estimate of drug-likeness (QED) is 0.611. The van der Waals surface area contributed by atoms with Crippen LogP contribution in [0, 0.1) is 6.92 Å². The fraction of sp³-hybridized carbons (Fsp3) is 0.278. The molecule has 1 aliphatic heterocycles. The summed E-state index contributed by atoms with van der Waals surface area (Å²) in [7, 11) is -4.81. The largest absolute Gasteiger partial charge is 0.524 e. The van der Waals surface area contributed by atoms with Gasteiger partial charge in [0.25, 0.3) is 0 Å². The highest BCUT2D eigenvalue weighted by molar-refractivity contribution is 7.46. The van der Waals surface area contributed by atoms with E-state index in [1.807, 2.05) is 11.8 Å². The lowest BCUT2D eigenvalue weighted by atomic mass is 10.0. The van der Waals surface area contributed by atoms with Gasteiger partial charge in [0.05, 0.1) is 18.8 Å². The number of hydrogen-bond donors (Lipinski definition) is 2. The SMILES string of the molecule is Cc1ccc(C(=O)c2ccc(N3CCOCC3)cc2OP(=O)(O)O)cc1. The fourth-order valence-electron chi connectivity index (χ4n) is 2.78. The number of anilines is 1. The van der Waals surface area contributed by atoms with E-state index in [0.717, 1.165) is 11.3 Å². The van der Waals surface area contributed by atoms with Crippen molar-refractivity contribution in [3.05, 3.63) is 59.2 Å². The number of aryl methyl sites for hydroxylation is 1. The lowest BCUT2D eigenvalue weighted by Crippen LogP contribution is -2.36. The molecule has 0 aliphatic carbocycles. The average Bonchev–Trinajstić information content (AvgIpc) is 2.61. The van der Waals surface area contributed by atoms with Crippen molar-refractivity contribution in [3.8, 4) is 5.75 Å². The summed E-state index contributed by atoms with van der Waals surface area (Å²) in [5, 5.41) is 0. The summed E-state index contributed by atoms with van der Waals surface area (Å²) in [4.78, 5) is 33.3. The number of ketones is 1. The van der Waals surface area contributed by atoms with Crippen LogP contribution in [0.15, 0.2) is 42.5 Å². The van der Waals surface area contributed by atoms with Crippen LogP contribution in [0.5, 0.6) is 5.75 Å². The third kappa shape index (κ3) is 4.51. The molecule has 1 saturated heterocycles. The first-order chi connectivity index (χ1) is 12.3. The van der Waals surface area contributed by atoms with Gasteiger partial charge in [-0.25, -0.2) is 4.57 Å². The van der Waals surface area contributed by atoms with Gasteiger partial charge in [-0.05, 0) is 19.1 Å². The van der Waals surface area contributed by atoms with E-state index in [9.17, 15) is 19.1 Å². The standard InChI is InChI=1S/C18H20NO6P/c1-13-2-4-14(5-3-13)18(20)16-7-6-15(19-8-10-24-11-9-19)12-17(16)25-26(21,22)23/h2-7,12H,8-11H2,1H3,(H2,21,22,23). The van der Waals surface area contributed by atoms with E-state index in [0.29, 0.717) is 31.9 Å². The fourth-order valence-corrected chi connectivity index (χ4v) is 3.19. The van der Waals surface area contributed by atoms with Gasteiger partial charge in [-0.1, -0.05) is 29.8 Å². The second-order valence-electron chi connectivity index (χ2n) is 6.06. The summed E-state index contributed by atoms with van der Waals surface area (Å²) in [6, 6.07) is 11.7. The van der Waals surface area contributed by atoms with Crippen molar-refractivity contribution in [3.63, 3.8) is 0 Å². The lowest BCUT2D eigenvalue weighted by Gasteiger charge is -2.29. The van der Waals surface area contributed by atoms with Gasteiger partial charge in [-0.3, -0.25) is 14.6 Å². The number of phosphoric acid groups is 1. The Morgan fingerprint density at radius 3 is 2.38 bits per heavy atom. The lowest BCUT2D eigenvalue weighted by molar-refractivity contribution is 0.103. The van der Waals surface area contributed by atoms with Gasteiger partial charge in [-0.2, -0.15) is 0 Å². The van der Waals surface area contributed by atoms with E-state index in [1.54, 1.807) is 30.3 Å². The molecule has 1 fully saturated rings. The second kappa shape index (κ2) is 7.60. The summed E-state index contributed by atoms with van der Waals surface area (Å²) >= 11 is 0. The van der Waals surface area contributed by atoms with Gasteiger partial charge in [0.15, 0.2) is 5.78 Å². The highest BCUT2D eigenvalue weighted by Crippen LogP contribution is 2.41. The zero-order valence-electron chi connectivity index (χ0n) is 14.3. The van der Waals surface area contributed by atoms with Crippen LogP contribution in [0.2, 0.25) is 0 Å². The molecule has 0 radical (unpaired) electrons. The molecule has 1 heterocycles. The van der Waals surface area contributed by atoms with Crippen LogP contribution in [-0.2, 0) is 9.30 Å². The van der Waals surface area contributed by atoms with Crippen LogP contribution in [0.3, 0.4) is 0 Å². The Morgan fingerprint density at radius 2 is 1.77 bits per heavy atom. The molecular weight excluding hydrogens is 357 g/mol. The van der Waals surface area contributed by atoms with Crippen LogP contribution in [0.4, 0.5) is 5.69 Å². The van der Waals surface area contributed by atoms with Gasteiger partial charge in [0, 0.05) is 30.4 Å². The van der Waals surface area contributed by atoms with E-state index in [-0.39, 0.29) is 17.1 Å². The van der Waals surface area contributed by atoms with Gasteiger partial charge in [-0.15, -0.1) is 0 Å². The van der Waals surface area contributed by atoms with E-state index in [1.165, 1.54) is 12.1 Å². The van der Waals surface area contributed by atoms with Crippen LogP contribution in [-0.4, -0.2) is 41.9 Å². The summed E-state index contributed by atoms with van der Waals surface area (Å²) in [6.07, 6.45) is 0. The van der Waals surface area contributed by atoms with Crippen LogP contribution >= 0.6 is 7.82 Å². The number of ether oxygens (including phenoxy) is 1. The van der Waals surface area contributed by atoms with Crippen molar-refractivity contribution in [1.29, 1.82) is 0 Å². The molecule has 7 nitrogen and oxygen atoms in total. The van der Waals surface area contributed by atoms with Crippen molar-refractivity contribution in [1.82, 2.24) is 0 Å². The number of benzene rings is 2. The first-order valence-corrected chi connectivity index (χ1v) is 9.70. The maximum absolute atomic E-state index is 12.8. The van der Waals surface area contributed by atoms with Gasteiger partial charge < -0.3 is 14.2 Å². The second-order valence-corrected chi connectivity index (χ2v) is 7.22. The van der Waals surface area contributed by atoms with Gasteiger partial charge in [0.2, 0.25) is 0 Å². The zero-order valence-corrected chi connectivity index (χ0v) is 15.2.